The summed E-state index contributed by atoms with van der Waals surface area (Å²) in [6, 6.07) is 0. The zero-order valence-corrected chi connectivity index (χ0v) is 29.8. The molecule has 0 saturated carbocycles. The van der Waals surface area contributed by atoms with Crippen LogP contribution in [0.1, 0.15) is 141 Å². The fourth-order valence-corrected chi connectivity index (χ4v) is 9.03. The summed E-state index contributed by atoms with van der Waals surface area (Å²) in [5.74, 6) is 0. The van der Waals surface area contributed by atoms with Crippen LogP contribution >= 0.6 is 0 Å². The second kappa shape index (κ2) is 19.4. The third-order valence-electron chi connectivity index (χ3n) is 12.4. The van der Waals surface area contributed by atoms with Crippen LogP contribution in [0.4, 0.5) is 0 Å². The summed E-state index contributed by atoms with van der Waals surface area (Å²) in [6.45, 7) is 17.1. The van der Waals surface area contributed by atoms with Crippen LogP contribution in [0, 0.1) is 0 Å². The summed E-state index contributed by atoms with van der Waals surface area (Å²) < 4.78 is 5.42. The lowest BCUT2D eigenvalue weighted by atomic mass is 10.1. The molecular formula is C38H80N4+4. The van der Waals surface area contributed by atoms with Gasteiger partial charge in [0.15, 0.2) is 0 Å². The molecule has 248 valence electrons. The van der Waals surface area contributed by atoms with E-state index in [1.807, 2.05) is 0 Å². The third-order valence-corrected chi connectivity index (χ3v) is 12.4. The number of hydrogen-bond donors (Lipinski definition) is 0. The van der Waals surface area contributed by atoms with Gasteiger partial charge in [-0.2, -0.15) is 0 Å². The molecule has 0 amide bonds. The van der Waals surface area contributed by atoms with E-state index in [1.54, 1.807) is 0 Å². The molecule has 4 heterocycles. The van der Waals surface area contributed by atoms with Crippen molar-refractivity contribution in [2.24, 2.45) is 0 Å². The van der Waals surface area contributed by atoms with E-state index in [0.717, 1.165) is 0 Å². The van der Waals surface area contributed by atoms with Crippen molar-refractivity contribution in [3.63, 3.8) is 0 Å². The first kappa shape index (κ1) is 36.3. The van der Waals surface area contributed by atoms with Crippen molar-refractivity contribution in [3.8, 4) is 0 Å². The van der Waals surface area contributed by atoms with E-state index in [2.05, 4.69) is 28.2 Å². The molecule has 4 bridgehead atoms. The third kappa shape index (κ3) is 14.7. The minimum atomic E-state index is 1.35. The quantitative estimate of drug-likeness (QED) is 0.248. The summed E-state index contributed by atoms with van der Waals surface area (Å²) in [5, 5.41) is 0. The van der Waals surface area contributed by atoms with E-state index in [1.165, 1.54) is 238 Å². The highest BCUT2D eigenvalue weighted by atomic mass is 15.3. The molecule has 4 saturated heterocycles. The smallest absolute Gasteiger partial charge is 0.0784 e. The van der Waals surface area contributed by atoms with Crippen LogP contribution in [-0.2, 0) is 0 Å². The Bertz CT molecular complexity index is 545. The van der Waals surface area contributed by atoms with Crippen LogP contribution in [0.2, 0.25) is 0 Å². The van der Waals surface area contributed by atoms with Gasteiger partial charge in [0, 0.05) is 0 Å². The molecule has 0 unspecified atom stereocenters. The van der Waals surface area contributed by atoms with Gasteiger partial charge in [0.1, 0.15) is 0 Å². The number of rotatable bonds is 0. The fourth-order valence-electron chi connectivity index (χ4n) is 9.03. The number of quaternary nitrogens is 4. The predicted octanol–water partition coefficient (Wildman–Crippen LogP) is 8.40. The second-order valence-electron chi connectivity index (χ2n) is 16.9. The van der Waals surface area contributed by atoms with E-state index in [-0.39, 0.29) is 0 Å². The van der Waals surface area contributed by atoms with E-state index < -0.39 is 0 Å². The highest BCUT2D eigenvalue weighted by molar-refractivity contribution is 4.56. The lowest BCUT2D eigenvalue weighted by Gasteiger charge is -2.38. The molecule has 0 aromatic carbocycles. The van der Waals surface area contributed by atoms with Gasteiger partial charge in [-0.1, -0.05) is 0 Å². The van der Waals surface area contributed by atoms with Gasteiger partial charge < -0.3 is 17.9 Å². The summed E-state index contributed by atoms with van der Waals surface area (Å²) in [6.07, 6.45) is 32.0. The molecule has 4 aliphatic rings. The van der Waals surface area contributed by atoms with Crippen LogP contribution in [0.3, 0.4) is 0 Å². The molecule has 0 spiro atoms. The van der Waals surface area contributed by atoms with Crippen molar-refractivity contribution in [1.82, 2.24) is 0 Å². The van der Waals surface area contributed by atoms with Crippen molar-refractivity contribution in [2.75, 3.05) is 107 Å². The molecule has 42 heavy (non-hydrogen) atoms. The lowest BCUT2D eigenvalue weighted by Crippen LogP contribution is -2.48. The number of nitrogens with zero attached hydrogens (tertiary/aromatic N) is 4. The van der Waals surface area contributed by atoms with Gasteiger partial charge in [0.05, 0.1) is 107 Å². The largest absolute Gasteiger partial charge is 0.326 e. The second-order valence-corrected chi connectivity index (χ2v) is 16.9. The molecule has 0 aliphatic carbocycles. The molecule has 4 fully saturated rings. The van der Waals surface area contributed by atoms with Crippen molar-refractivity contribution < 1.29 is 17.9 Å². The van der Waals surface area contributed by atoms with E-state index >= 15 is 0 Å². The maximum Gasteiger partial charge on any atom is 0.0784 e. The van der Waals surface area contributed by atoms with E-state index in [9.17, 15) is 0 Å². The molecule has 0 radical (unpaired) electrons. The molecule has 4 nitrogen and oxygen atoms in total. The number of hydrogen-bond acceptors (Lipinski definition) is 0. The summed E-state index contributed by atoms with van der Waals surface area (Å²) in [4.78, 5) is 0. The Morgan fingerprint density at radius 2 is 0.262 bits per heavy atom. The Labute approximate surface area is 265 Å². The minimum absolute atomic E-state index is 1.35. The number of fused-ring (bicyclic) bond motifs is 28. The molecule has 0 atom stereocenters. The lowest BCUT2D eigenvalue weighted by molar-refractivity contribution is -0.913. The van der Waals surface area contributed by atoms with Gasteiger partial charge in [-0.25, -0.2) is 0 Å². The van der Waals surface area contributed by atoms with Crippen LogP contribution in [0.25, 0.3) is 0 Å². The summed E-state index contributed by atoms with van der Waals surface area (Å²) in [5.41, 5.74) is 0. The average Bonchev–Trinajstić information content (AvgIpc) is 2.95. The zero-order valence-electron chi connectivity index (χ0n) is 29.8. The fraction of sp³-hybridized carbons (Fsp3) is 1.00. The van der Waals surface area contributed by atoms with Crippen LogP contribution in [-0.4, -0.2) is 125 Å². The van der Waals surface area contributed by atoms with Crippen molar-refractivity contribution in [3.05, 3.63) is 0 Å². The first-order valence-corrected chi connectivity index (χ1v) is 19.6. The molecule has 4 heteroatoms. The Hall–Kier alpha value is -0.160. The van der Waals surface area contributed by atoms with Crippen molar-refractivity contribution in [1.29, 1.82) is 0 Å². The topological polar surface area (TPSA) is 0 Å². The molecule has 0 N–H and O–H groups in total. The van der Waals surface area contributed by atoms with Gasteiger partial charge in [-0.3, -0.25) is 0 Å². The molecule has 4 rings (SSSR count). The maximum absolute atomic E-state index is 2.63. The molecule has 0 aromatic heterocycles. The van der Waals surface area contributed by atoms with Crippen LogP contribution in [0.5, 0.6) is 0 Å². The van der Waals surface area contributed by atoms with Crippen LogP contribution in [0.15, 0.2) is 0 Å². The molecule has 0 aromatic rings. The first-order chi connectivity index (χ1) is 20.2. The van der Waals surface area contributed by atoms with Gasteiger partial charge in [0.25, 0.3) is 0 Å². The first-order valence-electron chi connectivity index (χ1n) is 19.6. The van der Waals surface area contributed by atoms with Crippen molar-refractivity contribution in [2.45, 2.75) is 141 Å². The zero-order chi connectivity index (χ0) is 30.0. The Morgan fingerprint density at radius 1 is 0.167 bits per heavy atom. The van der Waals surface area contributed by atoms with Crippen LogP contribution < -0.4 is 0 Å². The highest BCUT2D eigenvalue weighted by Crippen LogP contribution is 2.21. The highest BCUT2D eigenvalue weighted by Gasteiger charge is 2.26. The predicted molar refractivity (Wildman–Crippen MR) is 185 cm³/mol. The van der Waals surface area contributed by atoms with E-state index in [0.29, 0.717) is 0 Å². The standard InChI is InChI=1S/C38H80N4/c1-39-27-15-5-7-17-29-41(3)33-21-11-9-19-31-40(2,36-24-13-23-35-39)32-20-10-12-22-34-42(4,38-26-14-25-37-41)30-18-8-6-16-28-39/h5-38H2,1-4H3/q+4. The molecular weight excluding hydrogens is 512 g/mol. The van der Waals surface area contributed by atoms with Crippen molar-refractivity contribution >= 4 is 0 Å². The Balaban J connectivity index is 1.82. The molecule has 4 aliphatic heterocycles. The Morgan fingerprint density at radius 3 is 0.381 bits per heavy atom. The van der Waals surface area contributed by atoms with Gasteiger partial charge in [0.2, 0.25) is 0 Å². The maximum atomic E-state index is 2.63. The SMILES string of the molecule is C[N+]12CCCCCC[N+]3(C)CCCCCC[N+](C)(CCCCCC[N+](C)(CCCCCC1)CCCCC3)CCCCC2. The minimum Gasteiger partial charge on any atom is -0.326 e. The van der Waals surface area contributed by atoms with Gasteiger partial charge in [-0.05, 0) is 141 Å². The monoisotopic (exact) mass is 593 g/mol. The Kier molecular flexibility index (Phi) is 16.8. The summed E-state index contributed by atoms with van der Waals surface area (Å²) >= 11 is 0. The normalized spacial score (nSPS) is 38.0. The van der Waals surface area contributed by atoms with E-state index in [4.69, 9.17) is 0 Å². The summed E-state index contributed by atoms with van der Waals surface area (Å²) in [7, 11) is 10.5. The van der Waals surface area contributed by atoms with Gasteiger partial charge in [-0.15, -0.1) is 0 Å². The average molecular weight is 593 g/mol. The van der Waals surface area contributed by atoms with Gasteiger partial charge >= 0.3 is 0 Å².